The van der Waals surface area contributed by atoms with Crippen LogP contribution in [0.25, 0.3) is 10.9 Å². The van der Waals surface area contributed by atoms with Gasteiger partial charge < -0.3 is 14.7 Å². The van der Waals surface area contributed by atoms with Crippen LogP contribution in [0.3, 0.4) is 0 Å². The van der Waals surface area contributed by atoms with E-state index >= 15 is 4.39 Å². The van der Waals surface area contributed by atoms with Gasteiger partial charge in [0.1, 0.15) is 17.7 Å². The smallest absolute Gasteiger partial charge is 0.308 e. The highest BCUT2D eigenvalue weighted by molar-refractivity contribution is 7.99. The molecular formula is C27H36F2N2O3S. The van der Waals surface area contributed by atoms with Gasteiger partial charge in [0.05, 0.1) is 24.7 Å². The van der Waals surface area contributed by atoms with Crippen LogP contribution in [0.15, 0.2) is 24.4 Å². The van der Waals surface area contributed by atoms with Gasteiger partial charge >= 0.3 is 5.97 Å². The lowest BCUT2D eigenvalue weighted by molar-refractivity contribution is -0.146. The molecule has 3 unspecified atom stereocenters. The van der Waals surface area contributed by atoms with Crippen molar-refractivity contribution in [3.63, 3.8) is 0 Å². The van der Waals surface area contributed by atoms with E-state index in [1.807, 2.05) is 11.8 Å². The summed E-state index contributed by atoms with van der Waals surface area (Å²) >= 11 is 2.03. The number of piperidine rings is 1. The molecule has 2 heterocycles. The second-order valence-corrected chi connectivity index (χ2v) is 11.3. The van der Waals surface area contributed by atoms with Gasteiger partial charge in [-0.2, -0.15) is 11.8 Å². The van der Waals surface area contributed by atoms with Crippen LogP contribution in [0.2, 0.25) is 0 Å². The van der Waals surface area contributed by atoms with E-state index in [-0.39, 0.29) is 17.9 Å². The molecule has 2 aromatic rings. The molecule has 1 aliphatic heterocycles. The molecule has 1 aliphatic carbocycles. The van der Waals surface area contributed by atoms with Crippen LogP contribution in [0.1, 0.15) is 63.1 Å². The van der Waals surface area contributed by atoms with E-state index in [1.54, 1.807) is 18.2 Å². The number of carbonyl (C=O) groups is 1. The Morgan fingerprint density at radius 1 is 1.29 bits per heavy atom. The Kier molecular flexibility index (Phi) is 9.22. The largest absolute Gasteiger partial charge is 0.497 e. The maximum Gasteiger partial charge on any atom is 0.308 e. The van der Waals surface area contributed by atoms with Crippen molar-refractivity contribution in [2.24, 2.45) is 11.8 Å². The van der Waals surface area contributed by atoms with Gasteiger partial charge in [0, 0.05) is 35.0 Å². The van der Waals surface area contributed by atoms with Gasteiger partial charge in [-0.3, -0.25) is 9.78 Å². The van der Waals surface area contributed by atoms with E-state index in [4.69, 9.17) is 4.74 Å². The summed E-state index contributed by atoms with van der Waals surface area (Å²) in [5.74, 6) is -0.586. The lowest BCUT2D eigenvalue weighted by Gasteiger charge is -2.37. The fraction of sp³-hybridized carbons (Fsp3) is 0.630. The maximum atomic E-state index is 15.4. The fourth-order valence-corrected chi connectivity index (χ4v) is 6.96. The van der Waals surface area contributed by atoms with Gasteiger partial charge in [0.2, 0.25) is 0 Å². The summed E-state index contributed by atoms with van der Waals surface area (Å²) in [7, 11) is 1.51. The number of halogens is 2. The molecule has 2 aliphatic rings. The van der Waals surface area contributed by atoms with Crippen molar-refractivity contribution in [2.75, 3.05) is 32.5 Å². The highest BCUT2D eigenvalue weighted by atomic mass is 32.2. The number of alkyl halides is 1. The van der Waals surface area contributed by atoms with Gasteiger partial charge in [0.15, 0.2) is 0 Å². The molecule has 35 heavy (non-hydrogen) atoms. The second kappa shape index (κ2) is 12.3. The average molecular weight is 507 g/mol. The summed E-state index contributed by atoms with van der Waals surface area (Å²) in [6.45, 7) is 2.24. The van der Waals surface area contributed by atoms with Gasteiger partial charge in [-0.05, 0) is 62.8 Å². The number of carboxylic acid groups (broad SMARTS) is 1. The first-order valence-corrected chi connectivity index (χ1v) is 13.8. The minimum absolute atomic E-state index is 0.0158. The summed E-state index contributed by atoms with van der Waals surface area (Å²) in [6, 6.07) is 5.01. The fourth-order valence-electron chi connectivity index (χ4n) is 5.59. The number of aromatic nitrogens is 1. The van der Waals surface area contributed by atoms with Crippen LogP contribution < -0.4 is 4.74 Å². The molecule has 1 saturated carbocycles. The molecule has 1 aromatic carbocycles. The summed E-state index contributed by atoms with van der Waals surface area (Å²) in [5, 5.41) is 11.0. The second-order valence-electron chi connectivity index (χ2n) is 9.87. The summed E-state index contributed by atoms with van der Waals surface area (Å²) < 4.78 is 35.3. The first-order chi connectivity index (χ1) is 17.0. The number of methoxy groups -OCH3 is 1. The first kappa shape index (κ1) is 26.1. The number of ether oxygens (including phenoxy) is 1. The molecular weight excluding hydrogens is 470 g/mol. The van der Waals surface area contributed by atoms with Crippen molar-refractivity contribution in [3.05, 3.63) is 35.8 Å². The first-order valence-electron chi connectivity index (χ1n) is 12.8. The molecule has 5 nitrogen and oxygen atoms in total. The molecule has 0 spiro atoms. The van der Waals surface area contributed by atoms with Crippen molar-refractivity contribution in [1.29, 1.82) is 0 Å². The Hall–Kier alpha value is -1.93. The number of pyridine rings is 1. The van der Waals surface area contributed by atoms with E-state index in [0.29, 0.717) is 29.6 Å². The van der Waals surface area contributed by atoms with Crippen LogP contribution in [0.4, 0.5) is 8.78 Å². The van der Waals surface area contributed by atoms with Gasteiger partial charge in [-0.1, -0.05) is 19.3 Å². The zero-order valence-corrected chi connectivity index (χ0v) is 21.2. The molecule has 0 radical (unpaired) electrons. The molecule has 8 heteroatoms. The minimum atomic E-state index is -1.54. The summed E-state index contributed by atoms with van der Waals surface area (Å²) in [6.07, 6.45) is 7.35. The number of nitrogens with zero attached hydrogens (tertiary/aromatic N) is 2. The molecule has 0 amide bonds. The predicted molar refractivity (Wildman–Crippen MR) is 136 cm³/mol. The number of aliphatic carboxylic acids is 1. The van der Waals surface area contributed by atoms with Crippen LogP contribution in [-0.4, -0.2) is 58.7 Å². The quantitative estimate of drug-likeness (QED) is 0.410. The molecule has 0 bridgehead atoms. The van der Waals surface area contributed by atoms with Crippen LogP contribution >= 0.6 is 11.8 Å². The SMILES string of the molecule is COc1ccc2ncc(F)c(C(F)CCC3CCN(CCSC4CCCCC4)CC3C(=O)O)c2c1. The third-order valence-electron chi connectivity index (χ3n) is 7.64. The Labute approximate surface area is 210 Å². The summed E-state index contributed by atoms with van der Waals surface area (Å²) in [4.78, 5) is 18.4. The molecule has 4 rings (SSSR count). The number of carboxylic acids is 1. The number of rotatable bonds is 10. The number of hydrogen-bond donors (Lipinski definition) is 1. The van der Waals surface area contributed by atoms with Crippen molar-refractivity contribution in [3.8, 4) is 5.75 Å². The highest BCUT2D eigenvalue weighted by Crippen LogP contribution is 2.37. The Morgan fingerprint density at radius 2 is 2.09 bits per heavy atom. The number of likely N-dealkylation sites (tertiary alicyclic amines) is 1. The van der Waals surface area contributed by atoms with Crippen molar-refractivity contribution >= 4 is 28.6 Å². The van der Waals surface area contributed by atoms with Crippen LogP contribution in [0.5, 0.6) is 5.75 Å². The highest BCUT2D eigenvalue weighted by Gasteiger charge is 2.35. The topological polar surface area (TPSA) is 62.7 Å². The number of thioether (sulfide) groups is 1. The average Bonchev–Trinajstić information content (AvgIpc) is 2.87. The van der Waals surface area contributed by atoms with Gasteiger partial charge in [-0.25, -0.2) is 8.78 Å². The number of fused-ring (bicyclic) bond motifs is 1. The predicted octanol–water partition coefficient (Wildman–Crippen LogP) is 6.26. The summed E-state index contributed by atoms with van der Waals surface area (Å²) in [5.41, 5.74) is 0.491. The molecule has 2 fully saturated rings. The standard InChI is InChI=1S/C27H36F2N2O3S/c1-34-19-8-10-25-21(15-19)26(24(29)16-30-25)23(28)9-7-18-11-12-31(17-22(18)27(32)33)13-14-35-20-5-3-2-4-6-20/h8,10,15-16,18,20,22-23H,2-7,9,11-14,17H2,1H3,(H,32,33). The maximum absolute atomic E-state index is 15.4. The Bertz CT molecular complexity index is 1000. The molecule has 1 N–H and O–H groups in total. The number of hydrogen-bond acceptors (Lipinski definition) is 5. The minimum Gasteiger partial charge on any atom is -0.497 e. The monoisotopic (exact) mass is 506 g/mol. The lowest BCUT2D eigenvalue weighted by atomic mass is 9.81. The van der Waals surface area contributed by atoms with E-state index in [0.717, 1.165) is 36.7 Å². The number of benzene rings is 1. The van der Waals surface area contributed by atoms with Gasteiger partial charge in [-0.15, -0.1) is 0 Å². The van der Waals surface area contributed by atoms with Crippen molar-refractivity contribution < 1.29 is 23.4 Å². The third-order valence-corrected chi connectivity index (χ3v) is 9.00. The van der Waals surface area contributed by atoms with E-state index < -0.39 is 23.9 Å². The Balaban J connectivity index is 1.34. The molecule has 192 valence electrons. The zero-order valence-electron chi connectivity index (χ0n) is 20.4. The van der Waals surface area contributed by atoms with Crippen molar-refractivity contribution in [2.45, 2.75) is 62.8 Å². The lowest BCUT2D eigenvalue weighted by Crippen LogP contribution is -2.44. The molecule has 1 saturated heterocycles. The normalized spacial score (nSPS) is 22.8. The zero-order chi connectivity index (χ0) is 24.8. The van der Waals surface area contributed by atoms with Crippen LogP contribution in [-0.2, 0) is 4.79 Å². The van der Waals surface area contributed by atoms with E-state index in [1.165, 1.54) is 39.2 Å². The molecule has 1 aromatic heterocycles. The third kappa shape index (κ3) is 6.64. The van der Waals surface area contributed by atoms with Gasteiger partial charge in [0.25, 0.3) is 0 Å². The Morgan fingerprint density at radius 3 is 2.83 bits per heavy atom. The van der Waals surface area contributed by atoms with Crippen molar-refractivity contribution in [1.82, 2.24) is 9.88 Å². The van der Waals surface area contributed by atoms with E-state index in [9.17, 15) is 14.3 Å². The molecule has 3 atom stereocenters. The van der Waals surface area contributed by atoms with E-state index in [2.05, 4.69) is 9.88 Å². The van der Waals surface area contributed by atoms with Crippen LogP contribution in [0, 0.1) is 17.7 Å².